The summed E-state index contributed by atoms with van der Waals surface area (Å²) in [5, 5.41) is 12.3. The lowest BCUT2D eigenvalue weighted by Crippen LogP contribution is -2.44. The Kier molecular flexibility index (Phi) is 4.99. The van der Waals surface area contributed by atoms with Crippen molar-refractivity contribution in [1.82, 2.24) is 30.1 Å². The van der Waals surface area contributed by atoms with Gasteiger partial charge in [-0.3, -0.25) is 4.90 Å². The maximum Gasteiger partial charge on any atom is 0.261 e. The number of piperazine rings is 1. The van der Waals surface area contributed by atoms with E-state index in [9.17, 15) is 0 Å². The summed E-state index contributed by atoms with van der Waals surface area (Å²) in [5.74, 6) is 1.83. The number of nitrogens with zero attached hydrogens (tertiary/aromatic N) is 5. The van der Waals surface area contributed by atoms with Crippen molar-refractivity contribution < 1.29 is 4.52 Å². The summed E-state index contributed by atoms with van der Waals surface area (Å²) in [7, 11) is 2.10. The van der Waals surface area contributed by atoms with Gasteiger partial charge in [0, 0.05) is 25.6 Å². The maximum absolute atomic E-state index is 5.65. The molecule has 1 N–H and O–H groups in total. The molecular weight excluding hydrogens is 364 g/mol. The zero-order chi connectivity index (χ0) is 17.5. The molecule has 27 heavy (non-hydrogen) atoms. The van der Waals surface area contributed by atoms with Crippen LogP contribution in [-0.4, -0.2) is 51.5 Å². The normalized spacial score (nSPS) is 20.4. The van der Waals surface area contributed by atoms with Gasteiger partial charge in [-0.15, -0.1) is 12.4 Å². The van der Waals surface area contributed by atoms with Crippen LogP contribution < -0.4 is 5.32 Å². The largest absolute Gasteiger partial charge is 0.334 e. The van der Waals surface area contributed by atoms with Crippen LogP contribution in [0, 0.1) is 0 Å². The lowest BCUT2D eigenvalue weighted by Gasteiger charge is -2.30. The van der Waals surface area contributed by atoms with Crippen LogP contribution >= 0.6 is 12.4 Å². The van der Waals surface area contributed by atoms with Gasteiger partial charge < -0.3 is 9.84 Å². The topological polar surface area (TPSA) is 72.0 Å². The minimum absolute atomic E-state index is 0. The van der Waals surface area contributed by atoms with Crippen LogP contribution in [0.5, 0.6) is 0 Å². The van der Waals surface area contributed by atoms with Crippen LogP contribution in [0.1, 0.15) is 36.3 Å². The third-order valence-corrected chi connectivity index (χ3v) is 5.25. The van der Waals surface area contributed by atoms with Gasteiger partial charge in [0.1, 0.15) is 0 Å². The van der Waals surface area contributed by atoms with Gasteiger partial charge in [-0.2, -0.15) is 10.1 Å². The van der Waals surface area contributed by atoms with Crippen molar-refractivity contribution in [3.63, 3.8) is 0 Å². The molecule has 1 unspecified atom stereocenters. The third-order valence-electron chi connectivity index (χ3n) is 5.25. The quantitative estimate of drug-likeness (QED) is 0.743. The van der Waals surface area contributed by atoms with Gasteiger partial charge in [0.25, 0.3) is 5.89 Å². The van der Waals surface area contributed by atoms with E-state index in [1.807, 2.05) is 29.1 Å². The van der Waals surface area contributed by atoms with Crippen LogP contribution in [0.2, 0.25) is 0 Å². The highest BCUT2D eigenvalue weighted by atomic mass is 35.5. The average molecular weight is 387 g/mol. The van der Waals surface area contributed by atoms with E-state index < -0.39 is 0 Å². The highest BCUT2D eigenvalue weighted by Gasteiger charge is 2.33. The van der Waals surface area contributed by atoms with E-state index in [1.165, 1.54) is 18.5 Å². The zero-order valence-electron chi connectivity index (χ0n) is 15.2. The lowest BCUT2D eigenvalue weighted by atomic mass is 10.1. The molecule has 2 aliphatic rings. The summed E-state index contributed by atoms with van der Waals surface area (Å²) < 4.78 is 7.67. The second-order valence-electron chi connectivity index (χ2n) is 7.12. The van der Waals surface area contributed by atoms with E-state index >= 15 is 0 Å². The number of rotatable bonds is 4. The first-order chi connectivity index (χ1) is 12.8. The number of aromatic nitrogens is 4. The molecular formula is C19H23ClN6O. The summed E-state index contributed by atoms with van der Waals surface area (Å²) in [6, 6.07) is 10.4. The Bertz CT molecular complexity index is 904. The van der Waals surface area contributed by atoms with Crippen LogP contribution in [0.3, 0.4) is 0 Å². The Morgan fingerprint density at radius 3 is 2.74 bits per heavy atom. The summed E-state index contributed by atoms with van der Waals surface area (Å²) in [6.45, 7) is 2.81. The number of benzene rings is 1. The summed E-state index contributed by atoms with van der Waals surface area (Å²) in [5.41, 5.74) is 3.21. The van der Waals surface area contributed by atoms with Crippen LogP contribution in [0.4, 0.5) is 0 Å². The van der Waals surface area contributed by atoms with Gasteiger partial charge in [-0.1, -0.05) is 23.4 Å². The Hall–Kier alpha value is -2.22. The van der Waals surface area contributed by atoms with Crippen molar-refractivity contribution in [3.8, 4) is 17.1 Å². The molecule has 1 aliphatic heterocycles. The summed E-state index contributed by atoms with van der Waals surface area (Å²) in [6.07, 6.45) is 4.23. The van der Waals surface area contributed by atoms with Crippen molar-refractivity contribution in [2.45, 2.75) is 24.8 Å². The van der Waals surface area contributed by atoms with Crippen molar-refractivity contribution in [3.05, 3.63) is 48.0 Å². The number of para-hydroxylation sites is 1. The van der Waals surface area contributed by atoms with Gasteiger partial charge in [0.05, 0.1) is 29.2 Å². The molecule has 3 heterocycles. The van der Waals surface area contributed by atoms with Crippen molar-refractivity contribution in [2.24, 2.45) is 0 Å². The molecule has 1 saturated heterocycles. The molecule has 0 bridgehead atoms. The maximum atomic E-state index is 5.65. The molecule has 8 heteroatoms. The first kappa shape index (κ1) is 18.2. The van der Waals surface area contributed by atoms with Gasteiger partial charge >= 0.3 is 0 Å². The molecule has 1 aromatic carbocycles. The highest BCUT2D eigenvalue weighted by Crippen LogP contribution is 2.45. The first-order valence-corrected chi connectivity index (χ1v) is 9.19. The Morgan fingerprint density at radius 1 is 1.19 bits per heavy atom. The number of halogens is 1. The standard InChI is InChI=1S/C19H22N6O.ClH/c1-24-10-9-20-12-16(24)18-22-19(26-23-18)15-11-21-25(17(15)13-7-8-13)14-5-3-2-4-6-14;/h2-6,11,13,16,20H,7-10,12H2,1H3;1H. The lowest BCUT2D eigenvalue weighted by molar-refractivity contribution is 0.190. The molecule has 142 valence electrons. The molecule has 5 rings (SSSR count). The van der Waals surface area contributed by atoms with Crippen LogP contribution in [-0.2, 0) is 0 Å². The molecule has 0 spiro atoms. The monoisotopic (exact) mass is 386 g/mol. The average Bonchev–Trinajstić information content (AvgIpc) is 3.23. The predicted molar refractivity (Wildman–Crippen MR) is 104 cm³/mol. The van der Waals surface area contributed by atoms with E-state index in [4.69, 9.17) is 9.51 Å². The molecule has 7 nitrogen and oxygen atoms in total. The molecule has 1 aliphatic carbocycles. The Morgan fingerprint density at radius 2 is 2.00 bits per heavy atom. The predicted octanol–water partition coefficient (Wildman–Crippen LogP) is 2.80. The van der Waals surface area contributed by atoms with Gasteiger partial charge in [-0.25, -0.2) is 4.68 Å². The fourth-order valence-electron chi connectivity index (χ4n) is 3.62. The molecule has 0 radical (unpaired) electrons. The highest BCUT2D eigenvalue weighted by molar-refractivity contribution is 5.85. The van der Waals surface area contributed by atoms with E-state index in [-0.39, 0.29) is 18.4 Å². The molecule has 3 aromatic rings. The third kappa shape index (κ3) is 3.38. The van der Waals surface area contributed by atoms with E-state index in [0.717, 1.165) is 36.7 Å². The van der Waals surface area contributed by atoms with Crippen molar-refractivity contribution in [1.29, 1.82) is 0 Å². The van der Waals surface area contributed by atoms with Crippen molar-refractivity contribution in [2.75, 3.05) is 26.7 Å². The Balaban J connectivity index is 0.00000180. The number of hydrogen-bond donors (Lipinski definition) is 1. The van der Waals surface area contributed by atoms with Crippen LogP contribution in [0.25, 0.3) is 17.1 Å². The zero-order valence-corrected chi connectivity index (χ0v) is 16.0. The second-order valence-corrected chi connectivity index (χ2v) is 7.12. The number of nitrogens with one attached hydrogen (secondary N) is 1. The molecule has 2 fully saturated rings. The summed E-state index contributed by atoms with van der Waals surface area (Å²) >= 11 is 0. The smallest absolute Gasteiger partial charge is 0.261 e. The second kappa shape index (κ2) is 7.42. The molecule has 1 saturated carbocycles. The fraction of sp³-hybridized carbons (Fsp3) is 0.421. The SMILES string of the molecule is CN1CCNCC1c1noc(-c2cnn(-c3ccccc3)c2C2CC2)n1.Cl. The van der Waals surface area contributed by atoms with Gasteiger partial charge in [0.15, 0.2) is 5.82 Å². The molecule has 2 aromatic heterocycles. The van der Waals surface area contributed by atoms with Gasteiger partial charge in [-0.05, 0) is 32.0 Å². The molecule has 0 amide bonds. The molecule has 1 atom stereocenters. The van der Waals surface area contributed by atoms with E-state index in [1.54, 1.807) is 0 Å². The van der Waals surface area contributed by atoms with E-state index in [2.05, 4.69) is 39.7 Å². The minimum atomic E-state index is 0. The fourth-order valence-corrected chi connectivity index (χ4v) is 3.62. The summed E-state index contributed by atoms with van der Waals surface area (Å²) in [4.78, 5) is 6.98. The van der Waals surface area contributed by atoms with Crippen molar-refractivity contribution >= 4 is 12.4 Å². The van der Waals surface area contributed by atoms with Gasteiger partial charge in [0.2, 0.25) is 0 Å². The minimum Gasteiger partial charge on any atom is -0.334 e. The number of hydrogen-bond acceptors (Lipinski definition) is 6. The Labute approximate surface area is 164 Å². The van der Waals surface area contributed by atoms with Crippen LogP contribution in [0.15, 0.2) is 41.1 Å². The van der Waals surface area contributed by atoms with E-state index in [0.29, 0.717) is 11.8 Å². The number of likely N-dealkylation sites (N-methyl/N-ethyl adjacent to an activating group) is 1. The first-order valence-electron chi connectivity index (χ1n) is 9.19.